The van der Waals surface area contributed by atoms with Gasteiger partial charge in [0.15, 0.2) is 0 Å². The van der Waals surface area contributed by atoms with Crippen LogP contribution in [0.2, 0.25) is 0 Å². The van der Waals surface area contributed by atoms with Gasteiger partial charge in [-0.15, -0.1) is 0 Å². The summed E-state index contributed by atoms with van der Waals surface area (Å²) >= 11 is 0. The molecule has 0 unspecified atom stereocenters. The largest absolute Gasteiger partial charge is 0.313 e. The molecule has 0 radical (unpaired) electrons. The minimum atomic E-state index is 0. The van der Waals surface area contributed by atoms with Gasteiger partial charge < -0.3 is 5.32 Å². The first-order valence-electron chi connectivity index (χ1n) is 6.01. The highest BCUT2D eigenvalue weighted by atomic mass is 32.1. The minimum Gasteiger partial charge on any atom is -0.313 e. The lowest BCUT2D eigenvalue weighted by atomic mass is 10.1. The van der Waals surface area contributed by atoms with Gasteiger partial charge in [0.05, 0.1) is 0 Å². The fourth-order valence-electron chi connectivity index (χ4n) is 1.90. The summed E-state index contributed by atoms with van der Waals surface area (Å²) in [7, 11) is 0. The Labute approximate surface area is 103 Å². The van der Waals surface area contributed by atoms with E-state index in [2.05, 4.69) is 51.8 Å². The maximum atomic E-state index is 3.53. The van der Waals surface area contributed by atoms with Crippen LogP contribution in [0.5, 0.6) is 0 Å². The van der Waals surface area contributed by atoms with Crippen molar-refractivity contribution in [3.05, 3.63) is 0 Å². The molecule has 0 aromatic carbocycles. The average molecular weight is 234 g/mol. The second kappa shape index (κ2) is 9.49. The molecule has 0 aromatic rings. The van der Waals surface area contributed by atoms with Gasteiger partial charge in [-0.25, -0.2) is 0 Å². The summed E-state index contributed by atoms with van der Waals surface area (Å²) in [6.07, 6.45) is 1.21. The number of likely N-dealkylation sites (N-methyl/N-ethyl adjacent to an activating group) is 1. The zero-order valence-corrected chi connectivity index (χ0v) is 12.3. The first kappa shape index (κ1) is 17.7. The lowest BCUT2D eigenvalue weighted by Gasteiger charge is -2.34. The number of hydrogen-bond acceptors (Lipinski definition) is 2. The molecule has 15 heavy (non-hydrogen) atoms. The highest BCUT2D eigenvalue weighted by Gasteiger charge is 2.16. The predicted molar refractivity (Wildman–Crippen MR) is 75.1 cm³/mol. The summed E-state index contributed by atoms with van der Waals surface area (Å²) in [6.45, 7) is 15.8. The highest BCUT2D eigenvalue weighted by Crippen LogP contribution is 2.07. The third-order valence-electron chi connectivity index (χ3n) is 2.74. The smallest absolute Gasteiger partial charge is 0.0192 e. The average Bonchev–Trinajstić information content (AvgIpc) is 2.10. The van der Waals surface area contributed by atoms with E-state index in [1.54, 1.807) is 0 Å². The van der Waals surface area contributed by atoms with Crippen LogP contribution in [-0.4, -0.2) is 36.1 Å². The second-order valence-corrected chi connectivity index (χ2v) is 4.55. The Morgan fingerprint density at radius 2 is 1.47 bits per heavy atom. The van der Waals surface area contributed by atoms with Gasteiger partial charge in [0.1, 0.15) is 0 Å². The van der Waals surface area contributed by atoms with Crippen LogP contribution in [0.3, 0.4) is 0 Å². The van der Waals surface area contributed by atoms with Crippen molar-refractivity contribution in [3.63, 3.8) is 0 Å². The van der Waals surface area contributed by atoms with E-state index in [1.165, 1.54) is 13.0 Å². The van der Waals surface area contributed by atoms with E-state index in [-0.39, 0.29) is 13.5 Å². The van der Waals surface area contributed by atoms with Crippen molar-refractivity contribution in [1.29, 1.82) is 0 Å². The Morgan fingerprint density at radius 1 is 1.00 bits per heavy atom. The van der Waals surface area contributed by atoms with Crippen molar-refractivity contribution in [3.8, 4) is 0 Å². The summed E-state index contributed by atoms with van der Waals surface area (Å²) in [5, 5.41) is 3.53. The third kappa shape index (κ3) is 7.20. The topological polar surface area (TPSA) is 15.3 Å². The van der Waals surface area contributed by atoms with Gasteiger partial charge in [0.25, 0.3) is 0 Å². The van der Waals surface area contributed by atoms with Gasteiger partial charge in [-0.1, -0.05) is 13.8 Å². The molecule has 0 fully saturated rings. The molecule has 2 nitrogen and oxygen atoms in total. The molecule has 0 aliphatic heterocycles. The van der Waals surface area contributed by atoms with Crippen molar-refractivity contribution < 1.29 is 0 Å². The van der Waals surface area contributed by atoms with Gasteiger partial charge in [-0.05, 0) is 40.7 Å². The normalized spacial score (nSPS) is 13.4. The zero-order chi connectivity index (χ0) is 11.1. The minimum absolute atomic E-state index is 0. The molecule has 0 saturated carbocycles. The van der Waals surface area contributed by atoms with Crippen molar-refractivity contribution >= 4 is 13.5 Å². The van der Waals surface area contributed by atoms with E-state index < -0.39 is 0 Å². The molecular formula is C12H30N2S. The van der Waals surface area contributed by atoms with Crippen molar-refractivity contribution in [2.75, 3.05) is 13.1 Å². The number of nitrogens with zero attached hydrogens (tertiary/aromatic N) is 1. The van der Waals surface area contributed by atoms with Crippen LogP contribution in [0.1, 0.15) is 48.0 Å². The SMILES string of the molecule is CCN[C@@H](CC)CN(C(C)C)C(C)C.S. The summed E-state index contributed by atoms with van der Waals surface area (Å²) in [5.74, 6) is 0. The molecule has 0 aliphatic rings. The molecule has 0 heterocycles. The van der Waals surface area contributed by atoms with Gasteiger partial charge in [-0.3, -0.25) is 4.90 Å². The van der Waals surface area contributed by atoms with Crippen molar-refractivity contribution in [1.82, 2.24) is 10.2 Å². The summed E-state index contributed by atoms with van der Waals surface area (Å²) in [6, 6.07) is 1.93. The Morgan fingerprint density at radius 3 is 1.73 bits per heavy atom. The Kier molecular flexibility index (Phi) is 11.2. The second-order valence-electron chi connectivity index (χ2n) is 4.55. The van der Waals surface area contributed by atoms with E-state index >= 15 is 0 Å². The molecule has 0 aromatic heterocycles. The van der Waals surface area contributed by atoms with Gasteiger partial charge in [0.2, 0.25) is 0 Å². The predicted octanol–water partition coefficient (Wildman–Crippen LogP) is 2.61. The van der Waals surface area contributed by atoms with Crippen LogP contribution in [0.25, 0.3) is 0 Å². The summed E-state index contributed by atoms with van der Waals surface area (Å²) in [4.78, 5) is 2.55. The van der Waals surface area contributed by atoms with Crippen LogP contribution < -0.4 is 5.32 Å². The fraction of sp³-hybridized carbons (Fsp3) is 1.00. The van der Waals surface area contributed by atoms with E-state index in [0.29, 0.717) is 18.1 Å². The monoisotopic (exact) mass is 234 g/mol. The molecule has 0 rings (SSSR count). The molecule has 0 bridgehead atoms. The maximum absolute atomic E-state index is 3.53. The molecule has 94 valence electrons. The van der Waals surface area contributed by atoms with E-state index in [1.807, 2.05) is 0 Å². The van der Waals surface area contributed by atoms with Gasteiger partial charge >= 0.3 is 0 Å². The molecule has 1 N–H and O–H groups in total. The van der Waals surface area contributed by atoms with Crippen LogP contribution in [0.4, 0.5) is 0 Å². The Balaban J connectivity index is 0. The van der Waals surface area contributed by atoms with E-state index in [4.69, 9.17) is 0 Å². The lowest BCUT2D eigenvalue weighted by molar-refractivity contribution is 0.154. The third-order valence-corrected chi connectivity index (χ3v) is 2.74. The number of hydrogen-bond donors (Lipinski definition) is 1. The first-order valence-corrected chi connectivity index (χ1v) is 6.01. The zero-order valence-electron chi connectivity index (χ0n) is 11.3. The van der Waals surface area contributed by atoms with E-state index in [9.17, 15) is 0 Å². The summed E-state index contributed by atoms with van der Waals surface area (Å²) in [5.41, 5.74) is 0. The van der Waals surface area contributed by atoms with Crippen LogP contribution >= 0.6 is 13.5 Å². The molecule has 3 heteroatoms. The summed E-state index contributed by atoms with van der Waals surface area (Å²) < 4.78 is 0. The van der Waals surface area contributed by atoms with Crippen LogP contribution in [0.15, 0.2) is 0 Å². The quantitative estimate of drug-likeness (QED) is 0.728. The highest BCUT2D eigenvalue weighted by molar-refractivity contribution is 7.59. The van der Waals surface area contributed by atoms with Gasteiger partial charge in [-0.2, -0.15) is 13.5 Å². The van der Waals surface area contributed by atoms with Crippen molar-refractivity contribution in [2.45, 2.75) is 66.1 Å². The van der Waals surface area contributed by atoms with Gasteiger partial charge in [0, 0.05) is 24.7 Å². The number of rotatable bonds is 7. The Bertz CT molecular complexity index is 130. The number of nitrogens with one attached hydrogen (secondary N) is 1. The molecule has 0 saturated heterocycles. The first-order chi connectivity index (χ1) is 6.52. The molecule has 1 atom stereocenters. The molecular weight excluding hydrogens is 204 g/mol. The molecule has 0 spiro atoms. The standard InChI is InChI=1S/C12H28N2.H2S/c1-7-12(13-8-2)9-14(10(3)4)11(5)6;/h10-13H,7-9H2,1-6H3;1H2/t12-;/m0./s1. The molecule has 0 aliphatic carbocycles. The van der Waals surface area contributed by atoms with Crippen LogP contribution in [0, 0.1) is 0 Å². The molecule has 0 amide bonds. The van der Waals surface area contributed by atoms with E-state index in [0.717, 1.165) is 6.54 Å². The lowest BCUT2D eigenvalue weighted by Crippen LogP contribution is -2.46. The van der Waals surface area contributed by atoms with Crippen molar-refractivity contribution in [2.24, 2.45) is 0 Å². The fourth-order valence-corrected chi connectivity index (χ4v) is 1.90. The van der Waals surface area contributed by atoms with Crippen LogP contribution in [-0.2, 0) is 0 Å². The Hall–Kier alpha value is 0.270. The maximum Gasteiger partial charge on any atom is 0.0192 e.